The van der Waals surface area contributed by atoms with Crippen molar-refractivity contribution in [2.75, 3.05) is 6.61 Å². The standard InChI is InChI=1S/C33H42O3/c1-4-6-8-9-10-13-25-35-26(3)27-17-19-28(20-18-27)29-21-23-31(24-22-29)33(34)36-32-16-12-11-15-30(32)14-7-5-2/h11-12,15-24,26H,4-10,13-14,25H2,1-3H3. The number of ether oxygens (including phenoxy) is 2. The van der Waals surface area contributed by atoms with Crippen molar-refractivity contribution in [3.63, 3.8) is 0 Å². The van der Waals surface area contributed by atoms with Crippen LogP contribution in [0.3, 0.4) is 0 Å². The van der Waals surface area contributed by atoms with Crippen LogP contribution in [-0.2, 0) is 11.2 Å². The molecule has 36 heavy (non-hydrogen) atoms. The first-order chi connectivity index (χ1) is 17.6. The fraction of sp³-hybridized carbons (Fsp3) is 0.424. The molecule has 1 atom stereocenters. The molecule has 0 bridgehead atoms. The summed E-state index contributed by atoms with van der Waals surface area (Å²) in [6.07, 6.45) is 10.8. The molecule has 3 rings (SSSR count). The van der Waals surface area contributed by atoms with Gasteiger partial charge in [-0.05, 0) is 66.6 Å². The molecule has 0 saturated heterocycles. The highest BCUT2D eigenvalue weighted by Crippen LogP contribution is 2.25. The number of hydrogen-bond acceptors (Lipinski definition) is 3. The van der Waals surface area contributed by atoms with Crippen molar-refractivity contribution in [2.24, 2.45) is 0 Å². The Morgan fingerprint density at radius 3 is 2.03 bits per heavy atom. The van der Waals surface area contributed by atoms with E-state index in [0.29, 0.717) is 11.3 Å². The number of esters is 1. The van der Waals surface area contributed by atoms with Crippen LogP contribution in [0.5, 0.6) is 5.75 Å². The number of rotatable bonds is 15. The summed E-state index contributed by atoms with van der Waals surface area (Å²) >= 11 is 0. The van der Waals surface area contributed by atoms with Crippen molar-refractivity contribution in [3.8, 4) is 16.9 Å². The predicted molar refractivity (Wildman–Crippen MR) is 150 cm³/mol. The average Bonchev–Trinajstić information content (AvgIpc) is 2.92. The molecule has 0 aromatic heterocycles. The Morgan fingerprint density at radius 1 is 0.722 bits per heavy atom. The van der Waals surface area contributed by atoms with Crippen LogP contribution in [0.2, 0.25) is 0 Å². The van der Waals surface area contributed by atoms with Crippen molar-refractivity contribution in [2.45, 2.75) is 84.7 Å². The maximum Gasteiger partial charge on any atom is 0.343 e. The molecule has 0 heterocycles. The lowest BCUT2D eigenvalue weighted by molar-refractivity contribution is 0.0627. The smallest absolute Gasteiger partial charge is 0.343 e. The van der Waals surface area contributed by atoms with Crippen molar-refractivity contribution in [1.82, 2.24) is 0 Å². The summed E-state index contributed by atoms with van der Waals surface area (Å²) < 4.78 is 11.8. The Bertz CT molecular complexity index is 1040. The Kier molecular flexibility index (Phi) is 11.7. The molecule has 3 nitrogen and oxygen atoms in total. The van der Waals surface area contributed by atoms with Gasteiger partial charge in [0.05, 0.1) is 11.7 Å². The molecule has 3 aromatic carbocycles. The topological polar surface area (TPSA) is 35.5 Å². The zero-order valence-corrected chi connectivity index (χ0v) is 22.3. The Morgan fingerprint density at radius 2 is 1.33 bits per heavy atom. The molecule has 0 N–H and O–H groups in total. The summed E-state index contributed by atoms with van der Waals surface area (Å²) in [4.78, 5) is 12.7. The van der Waals surface area contributed by atoms with Crippen LogP contribution >= 0.6 is 0 Å². The van der Waals surface area contributed by atoms with Gasteiger partial charge < -0.3 is 9.47 Å². The minimum Gasteiger partial charge on any atom is -0.423 e. The summed E-state index contributed by atoms with van der Waals surface area (Å²) in [7, 11) is 0. The fourth-order valence-electron chi connectivity index (χ4n) is 4.32. The van der Waals surface area contributed by atoms with Gasteiger partial charge in [0.15, 0.2) is 0 Å². The normalized spacial score (nSPS) is 11.9. The van der Waals surface area contributed by atoms with Gasteiger partial charge in [-0.15, -0.1) is 0 Å². The van der Waals surface area contributed by atoms with Crippen molar-refractivity contribution >= 4 is 5.97 Å². The average molecular weight is 487 g/mol. The lowest BCUT2D eigenvalue weighted by atomic mass is 10.0. The SMILES string of the molecule is CCCCCCCCOC(C)c1ccc(-c2ccc(C(=O)Oc3ccccc3CCCC)cc2)cc1. The second kappa shape index (κ2) is 15.3. The molecule has 3 aromatic rings. The highest BCUT2D eigenvalue weighted by atomic mass is 16.5. The van der Waals surface area contributed by atoms with E-state index in [2.05, 4.69) is 45.0 Å². The largest absolute Gasteiger partial charge is 0.423 e. The van der Waals surface area contributed by atoms with E-state index in [-0.39, 0.29) is 12.1 Å². The first-order valence-corrected chi connectivity index (χ1v) is 13.7. The quantitative estimate of drug-likeness (QED) is 0.122. The zero-order valence-electron chi connectivity index (χ0n) is 22.3. The first kappa shape index (κ1) is 27.7. The van der Waals surface area contributed by atoms with E-state index in [9.17, 15) is 4.79 Å². The lowest BCUT2D eigenvalue weighted by Crippen LogP contribution is -2.09. The van der Waals surface area contributed by atoms with E-state index < -0.39 is 0 Å². The maximum absolute atomic E-state index is 12.7. The van der Waals surface area contributed by atoms with Gasteiger partial charge >= 0.3 is 5.97 Å². The van der Waals surface area contributed by atoms with Crippen molar-refractivity contribution in [1.29, 1.82) is 0 Å². The molecule has 3 heteroatoms. The van der Waals surface area contributed by atoms with Gasteiger partial charge in [0.2, 0.25) is 0 Å². The molecule has 0 spiro atoms. The second-order valence-electron chi connectivity index (χ2n) is 9.58. The third-order valence-electron chi connectivity index (χ3n) is 6.67. The Balaban J connectivity index is 1.52. The molecular formula is C33H42O3. The summed E-state index contributed by atoms with van der Waals surface area (Å²) in [6.45, 7) is 7.34. The number of carbonyl (C=O) groups is 1. The van der Waals surface area contributed by atoms with Crippen LogP contribution in [0, 0.1) is 0 Å². The van der Waals surface area contributed by atoms with Crippen LogP contribution in [0.15, 0.2) is 72.8 Å². The number of aryl methyl sites for hydroxylation is 1. The van der Waals surface area contributed by atoms with E-state index in [1.807, 2.05) is 48.5 Å². The number of carbonyl (C=O) groups excluding carboxylic acids is 1. The highest BCUT2D eigenvalue weighted by molar-refractivity contribution is 5.91. The Hall–Kier alpha value is -2.91. The molecule has 0 amide bonds. The summed E-state index contributed by atoms with van der Waals surface area (Å²) in [5.74, 6) is 0.334. The monoisotopic (exact) mass is 486 g/mol. The van der Waals surface area contributed by atoms with Gasteiger partial charge in [-0.1, -0.05) is 107 Å². The Labute approximate surface area is 217 Å². The van der Waals surface area contributed by atoms with Crippen LogP contribution < -0.4 is 4.74 Å². The summed E-state index contributed by atoms with van der Waals surface area (Å²) in [5.41, 5.74) is 5.01. The maximum atomic E-state index is 12.7. The van der Waals surface area contributed by atoms with Crippen molar-refractivity contribution in [3.05, 3.63) is 89.5 Å². The van der Waals surface area contributed by atoms with E-state index >= 15 is 0 Å². The highest BCUT2D eigenvalue weighted by Gasteiger charge is 2.12. The van der Waals surface area contributed by atoms with E-state index in [1.54, 1.807) is 0 Å². The number of para-hydroxylation sites is 1. The molecule has 0 aliphatic heterocycles. The summed E-state index contributed by atoms with van der Waals surface area (Å²) in [6, 6.07) is 24.0. The summed E-state index contributed by atoms with van der Waals surface area (Å²) in [5, 5.41) is 0. The number of benzene rings is 3. The fourth-order valence-corrected chi connectivity index (χ4v) is 4.32. The van der Waals surface area contributed by atoms with Gasteiger partial charge in [-0.3, -0.25) is 0 Å². The third-order valence-corrected chi connectivity index (χ3v) is 6.67. The van der Waals surface area contributed by atoms with Gasteiger partial charge in [-0.25, -0.2) is 4.79 Å². The van der Waals surface area contributed by atoms with Gasteiger partial charge in [-0.2, -0.15) is 0 Å². The number of unbranched alkanes of at least 4 members (excludes halogenated alkanes) is 6. The third kappa shape index (κ3) is 8.64. The van der Waals surface area contributed by atoms with Crippen LogP contribution in [0.4, 0.5) is 0 Å². The molecule has 0 radical (unpaired) electrons. The van der Waals surface area contributed by atoms with Gasteiger partial charge in [0.1, 0.15) is 5.75 Å². The molecule has 0 aliphatic carbocycles. The van der Waals surface area contributed by atoms with Crippen LogP contribution in [0.25, 0.3) is 11.1 Å². The van der Waals surface area contributed by atoms with Gasteiger partial charge in [0.25, 0.3) is 0 Å². The molecule has 0 aliphatic rings. The molecule has 1 unspecified atom stereocenters. The minimum atomic E-state index is -0.322. The number of hydrogen-bond donors (Lipinski definition) is 0. The van der Waals surface area contributed by atoms with E-state index in [0.717, 1.165) is 49.0 Å². The van der Waals surface area contributed by atoms with Crippen molar-refractivity contribution < 1.29 is 14.3 Å². The zero-order chi connectivity index (χ0) is 25.6. The first-order valence-electron chi connectivity index (χ1n) is 13.7. The van der Waals surface area contributed by atoms with E-state index in [1.165, 1.54) is 37.7 Å². The second-order valence-corrected chi connectivity index (χ2v) is 9.58. The lowest BCUT2D eigenvalue weighted by Gasteiger charge is -2.14. The molecule has 0 saturated carbocycles. The van der Waals surface area contributed by atoms with E-state index in [4.69, 9.17) is 9.47 Å². The van der Waals surface area contributed by atoms with Crippen LogP contribution in [-0.4, -0.2) is 12.6 Å². The van der Waals surface area contributed by atoms with Gasteiger partial charge in [0, 0.05) is 6.61 Å². The molecule has 192 valence electrons. The van der Waals surface area contributed by atoms with Crippen LogP contribution in [0.1, 0.15) is 99.7 Å². The minimum absolute atomic E-state index is 0.0899. The molecule has 0 fully saturated rings. The predicted octanol–water partition coefficient (Wildman–Crippen LogP) is 9.35. The molecular weight excluding hydrogens is 444 g/mol.